The van der Waals surface area contributed by atoms with Crippen molar-refractivity contribution in [1.82, 2.24) is 5.32 Å². The van der Waals surface area contributed by atoms with Gasteiger partial charge in [0.05, 0.1) is 13.2 Å². The van der Waals surface area contributed by atoms with Gasteiger partial charge in [-0.15, -0.1) is 4.91 Å². The molecule has 0 aliphatic rings. The Morgan fingerprint density at radius 1 is 1.31 bits per heavy atom. The molecule has 0 aliphatic carbocycles. The molecule has 0 saturated heterocycles. The topological polar surface area (TPSA) is 114 Å². The third kappa shape index (κ3) is 6.62. The highest BCUT2D eigenvalue weighted by Crippen LogP contribution is 2.13. The number of hydrogen-bond donors (Lipinski definition) is 2. The van der Waals surface area contributed by atoms with Crippen LogP contribution in [0.3, 0.4) is 0 Å². The Bertz CT molecular complexity index is 604. The van der Waals surface area contributed by atoms with Gasteiger partial charge in [-0.25, -0.2) is 0 Å². The first kappa shape index (κ1) is 21.9. The molecule has 0 amide bonds. The molecular formula is C18H26N2O6. The van der Waals surface area contributed by atoms with Crippen molar-refractivity contribution in [3.05, 3.63) is 34.7 Å². The van der Waals surface area contributed by atoms with Crippen molar-refractivity contribution >= 4 is 11.6 Å². The number of rotatable bonds is 13. The number of carbonyl (C=O) groups is 2. The van der Waals surface area contributed by atoms with Crippen LogP contribution in [0, 0.1) is 4.91 Å². The van der Waals surface area contributed by atoms with E-state index in [1.54, 1.807) is 7.11 Å². The summed E-state index contributed by atoms with van der Waals surface area (Å²) in [4.78, 5) is 34.0. The second-order valence-corrected chi connectivity index (χ2v) is 6.13. The number of nitroso groups, excluding NO2 is 1. The monoisotopic (exact) mass is 366 g/mol. The van der Waals surface area contributed by atoms with Gasteiger partial charge in [0, 0.05) is 13.7 Å². The minimum Gasteiger partial charge on any atom is -0.491 e. The number of benzene rings is 1. The number of nitrogens with zero attached hydrogens (tertiary/aromatic N) is 1. The second-order valence-electron chi connectivity index (χ2n) is 6.13. The van der Waals surface area contributed by atoms with E-state index >= 15 is 0 Å². The molecule has 8 heteroatoms. The molecule has 8 nitrogen and oxygen atoms in total. The molecule has 1 rings (SSSR count). The molecular weight excluding hydrogens is 340 g/mol. The van der Waals surface area contributed by atoms with E-state index in [-0.39, 0.29) is 19.7 Å². The van der Waals surface area contributed by atoms with Crippen LogP contribution in [0.25, 0.3) is 0 Å². The van der Waals surface area contributed by atoms with Crippen molar-refractivity contribution in [1.29, 1.82) is 0 Å². The number of aliphatic hydroxyl groups excluding tert-OH is 1. The second kappa shape index (κ2) is 10.7. The summed E-state index contributed by atoms with van der Waals surface area (Å²) in [6.07, 6.45) is -0.0460. The lowest BCUT2D eigenvalue weighted by molar-refractivity contribution is -0.132. The summed E-state index contributed by atoms with van der Waals surface area (Å²) in [6, 6.07) is 7.46. The standard InChI is InChI=1S/C18H26N2O6/c1-13(21)18(2,20-24)17(23)11-19-10-15(22)12-26-16-6-4-14(5-7-16)8-9-25-3/h4-7,15,19,22H,8-12H2,1-3H3. The predicted molar refractivity (Wildman–Crippen MR) is 96.3 cm³/mol. The van der Waals surface area contributed by atoms with E-state index < -0.39 is 23.2 Å². The Labute approximate surface area is 152 Å². The summed E-state index contributed by atoms with van der Waals surface area (Å²) >= 11 is 0. The minimum atomic E-state index is -1.89. The fraction of sp³-hybridized carbons (Fsp3) is 0.556. The average Bonchev–Trinajstić information content (AvgIpc) is 2.64. The van der Waals surface area contributed by atoms with Crippen molar-refractivity contribution in [2.75, 3.05) is 33.4 Å². The molecule has 0 bridgehead atoms. The molecule has 26 heavy (non-hydrogen) atoms. The van der Waals surface area contributed by atoms with E-state index in [2.05, 4.69) is 10.5 Å². The van der Waals surface area contributed by atoms with Crippen LogP contribution < -0.4 is 10.1 Å². The zero-order valence-corrected chi connectivity index (χ0v) is 15.4. The Morgan fingerprint density at radius 2 is 1.96 bits per heavy atom. The van der Waals surface area contributed by atoms with Gasteiger partial charge in [-0.3, -0.25) is 9.59 Å². The van der Waals surface area contributed by atoms with E-state index in [1.807, 2.05) is 24.3 Å². The van der Waals surface area contributed by atoms with Gasteiger partial charge in [-0.1, -0.05) is 12.1 Å². The van der Waals surface area contributed by atoms with Crippen LogP contribution >= 0.6 is 0 Å². The number of ketones is 2. The Balaban J connectivity index is 2.34. The summed E-state index contributed by atoms with van der Waals surface area (Å²) in [5.74, 6) is -0.632. The average molecular weight is 366 g/mol. The number of ether oxygens (including phenoxy) is 2. The van der Waals surface area contributed by atoms with Crippen LogP contribution in [-0.2, 0) is 20.7 Å². The third-order valence-electron chi connectivity index (χ3n) is 4.04. The van der Waals surface area contributed by atoms with Crippen LogP contribution in [0.15, 0.2) is 29.4 Å². The first-order chi connectivity index (χ1) is 12.3. The summed E-state index contributed by atoms with van der Waals surface area (Å²) < 4.78 is 10.5. The number of nitrogens with one attached hydrogen (secondary N) is 1. The smallest absolute Gasteiger partial charge is 0.216 e. The van der Waals surface area contributed by atoms with Crippen molar-refractivity contribution in [3.8, 4) is 5.75 Å². The van der Waals surface area contributed by atoms with Crippen molar-refractivity contribution in [2.45, 2.75) is 31.9 Å². The molecule has 2 atom stereocenters. The molecule has 0 radical (unpaired) electrons. The van der Waals surface area contributed by atoms with Gasteiger partial charge in [0.1, 0.15) is 18.5 Å². The molecule has 0 heterocycles. The zero-order chi connectivity index (χ0) is 19.6. The van der Waals surface area contributed by atoms with E-state index in [0.717, 1.165) is 18.9 Å². The van der Waals surface area contributed by atoms with Crippen LogP contribution in [0.1, 0.15) is 19.4 Å². The fourth-order valence-corrected chi connectivity index (χ4v) is 2.06. The van der Waals surface area contributed by atoms with Gasteiger partial charge in [-0.2, -0.15) is 0 Å². The lowest BCUT2D eigenvalue weighted by atomic mass is 9.93. The molecule has 2 unspecified atom stereocenters. The SMILES string of the molecule is COCCc1ccc(OCC(O)CNCC(=O)C(C)(N=O)C(C)=O)cc1. The summed E-state index contributed by atoms with van der Waals surface area (Å²) in [5, 5.41) is 15.2. The van der Waals surface area contributed by atoms with E-state index in [1.165, 1.54) is 6.92 Å². The predicted octanol–water partition coefficient (Wildman–Crippen LogP) is 0.888. The molecule has 0 fully saturated rings. The van der Waals surface area contributed by atoms with Gasteiger partial charge < -0.3 is 19.9 Å². The largest absolute Gasteiger partial charge is 0.491 e. The molecule has 0 spiro atoms. The molecule has 1 aromatic rings. The minimum absolute atomic E-state index is 0.0362. The Hall–Kier alpha value is -2.16. The molecule has 2 N–H and O–H groups in total. The third-order valence-corrected chi connectivity index (χ3v) is 4.04. The molecule has 1 aromatic carbocycles. The van der Waals surface area contributed by atoms with E-state index in [4.69, 9.17) is 9.47 Å². The summed E-state index contributed by atoms with van der Waals surface area (Å²) in [5.41, 5.74) is -0.767. The lowest BCUT2D eigenvalue weighted by Crippen LogP contribution is -2.46. The highest BCUT2D eigenvalue weighted by molar-refractivity contribution is 6.11. The number of carbonyl (C=O) groups excluding carboxylic acids is 2. The zero-order valence-electron chi connectivity index (χ0n) is 15.4. The first-order valence-corrected chi connectivity index (χ1v) is 8.31. The Kier molecular flexibility index (Phi) is 9.04. The van der Waals surface area contributed by atoms with Crippen LogP contribution in [0.2, 0.25) is 0 Å². The summed E-state index contributed by atoms with van der Waals surface area (Å²) in [6.45, 7) is 2.84. The van der Waals surface area contributed by atoms with Crippen molar-refractivity contribution in [2.24, 2.45) is 5.18 Å². The molecule has 0 aromatic heterocycles. The number of Topliss-reactive ketones (excluding diaryl/α,β-unsaturated/α-hetero) is 2. The number of hydrogen-bond acceptors (Lipinski definition) is 8. The maximum atomic E-state index is 11.9. The van der Waals surface area contributed by atoms with E-state index in [0.29, 0.717) is 12.4 Å². The van der Waals surface area contributed by atoms with Gasteiger partial charge in [0.15, 0.2) is 11.6 Å². The quantitative estimate of drug-likeness (QED) is 0.393. The van der Waals surface area contributed by atoms with Gasteiger partial charge in [-0.05, 0) is 43.1 Å². The first-order valence-electron chi connectivity index (χ1n) is 8.31. The molecule has 144 valence electrons. The van der Waals surface area contributed by atoms with Crippen LogP contribution in [-0.4, -0.2) is 61.7 Å². The number of methoxy groups -OCH3 is 1. The van der Waals surface area contributed by atoms with Crippen molar-refractivity contribution in [3.63, 3.8) is 0 Å². The molecule has 0 saturated carbocycles. The van der Waals surface area contributed by atoms with E-state index in [9.17, 15) is 19.6 Å². The number of aliphatic hydroxyl groups is 1. The fourth-order valence-electron chi connectivity index (χ4n) is 2.06. The van der Waals surface area contributed by atoms with Crippen LogP contribution in [0.5, 0.6) is 5.75 Å². The maximum absolute atomic E-state index is 11.9. The van der Waals surface area contributed by atoms with Crippen molar-refractivity contribution < 1.29 is 24.2 Å². The van der Waals surface area contributed by atoms with Gasteiger partial charge in [0.2, 0.25) is 5.54 Å². The highest BCUT2D eigenvalue weighted by Gasteiger charge is 2.39. The van der Waals surface area contributed by atoms with Gasteiger partial charge >= 0.3 is 0 Å². The summed E-state index contributed by atoms with van der Waals surface area (Å²) in [7, 11) is 1.65. The highest BCUT2D eigenvalue weighted by atomic mass is 16.5. The van der Waals surface area contributed by atoms with Crippen LogP contribution in [0.4, 0.5) is 0 Å². The maximum Gasteiger partial charge on any atom is 0.216 e. The van der Waals surface area contributed by atoms with Gasteiger partial charge in [0.25, 0.3) is 0 Å². The normalized spacial score (nSPS) is 14.3. The Morgan fingerprint density at radius 3 is 2.50 bits per heavy atom. The lowest BCUT2D eigenvalue weighted by Gasteiger charge is -2.18. The molecule has 0 aliphatic heterocycles.